The Morgan fingerprint density at radius 2 is 1.27 bits per heavy atom. The standard InChI is InChI=1S/C30H38NO7PSi/c1-7-35-39(33,36-8-2)37-25(3)31(29(32)34-24-26-18-12-9-13-19-26)38-40(30(4,5)6,27-20-14-10-15-21-27)28-22-16-11-17-23-28/h9-23H,3,7-8,24H2,1-2,4-6H3. The van der Waals surface area contributed by atoms with Crippen molar-refractivity contribution in [2.24, 2.45) is 0 Å². The Hall–Kier alpha value is -3.20. The molecule has 0 unspecified atom stereocenters. The van der Waals surface area contributed by atoms with Crippen LogP contribution in [0.3, 0.4) is 0 Å². The zero-order valence-electron chi connectivity index (χ0n) is 23.7. The van der Waals surface area contributed by atoms with Gasteiger partial charge in [0.05, 0.1) is 13.2 Å². The summed E-state index contributed by atoms with van der Waals surface area (Å²) in [5.41, 5.74) is 0.780. The van der Waals surface area contributed by atoms with E-state index >= 15 is 0 Å². The van der Waals surface area contributed by atoms with E-state index < -0.39 is 27.3 Å². The average Bonchev–Trinajstić information content (AvgIpc) is 2.93. The van der Waals surface area contributed by atoms with Crippen molar-refractivity contribution in [3.05, 3.63) is 109 Å². The second-order valence-electron chi connectivity index (χ2n) is 9.86. The van der Waals surface area contributed by atoms with Crippen LogP contribution in [0.4, 0.5) is 4.79 Å². The van der Waals surface area contributed by atoms with Crippen LogP contribution in [0.25, 0.3) is 0 Å². The first-order chi connectivity index (χ1) is 19.1. The van der Waals surface area contributed by atoms with E-state index in [1.165, 1.54) is 0 Å². The highest BCUT2D eigenvalue weighted by molar-refractivity contribution is 7.48. The highest BCUT2D eigenvalue weighted by atomic mass is 31.2. The predicted molar refractivity (Wildman–Crippen MR) is 158 cm³/mol. The number of hydroxylamine groups is 2. The summed E-state index contributed by atoms with van der Waals surface area (Å²) in [4.78, 5) is 13.7. The molecular weight excluding hydrogens is 545 g/mol. The maximum Gasteiger partial charge on any atom is 0.531 e. The van der Waals surface area contributed by atoms with Crippen molar-refractivity contribution < 1.29 is 32.2 Å². The van der Waals surface area contributed by atoms with Gasteiger partial charge >= 0.3 is 13.9 Å². The molecule has 0 aliphatic rings. The molecule has 8 nitrogen and oxygen atoms in total. The Morgan fingerprint density at radius 3 is 1.70 bits per heavy atom. The van der Waals surface area contributed by atoms with E-state index in [1.807, 2.05) is 91.0 Å². The monoisotopic (exact) mass is 583 g/mol. The molecule has 0 N–H and O–H groups in total. The first-order valence-electron chi connectivity index (χ1n) is 13.1. The molecule has 0 fully saturated rings. The highest BCUT2D eigenvalue weighted by Crippen LogP contribution is 2.51. The number of phosphoric acid groups is 1. The van der Waals surface area contributed by atoms with E-state index in [1.54, 1.807) is 13.8 Å². The maximum absolute atomic E-state index is 13.7. The van der Waals surface area contributed by atoms with Crippen LogP contribution >= 0.6 is 7.82 Å². The number of carbonyl (C=O) groups excluding carboxylic acids is 1. The maximum atomic E-state index is 13.7. The molecule has 0 atom stereocenters. The topological polar surface area (TPSA) is 83.5 Å². The fraction of sp³-hybridized carbons (Fsp3) is 0.300. The molecule has 0 aliphatic carbocycles. The minimum atomic E-state index is -4.11. The van der Waals surface area contributed by atoms with Crippen molar-refractivity contribution in [3.8, 4) is 0 Å². The number of carbonyl (C=O) groups is 1. The molecule has 0 aromatic heterocycles. The number of rotatable bonds is 13. The van der Waals surface area contributed by atoms with E-state index in [-0.39, 0.29) is 25.7 Å². The quantitative estimate of drug-likeness (QED) is 0.0949. The van der Waals surface area contributed by atoms with Crippen LogP contribution in [0, 0.1) is 0 Å². The fourth-order valence-corrected chi connectivity index (χ4v) is 9.77. The van der Waals surface area contributed by atoms with Gasteiger partial charge in [-0.05, 0) is 41.4 Å². The summed E-state index contributed by atoms with van der Waals surface area (Å²) in [6.07, 6.45) is -0.888. The summed E-state index contributed by atoms with van der Waals surface area (Å²) >= 11 is 0. The normalized spacial score (nSPS) is 12.0. The molecule has 0 aliphatic heterocycles. The van der Waals surface area contributed by atoms with Gasteiger partial charge in [0.1, 0.15) is 6.61 Å². The Morgan fingerprint density at radius 1 is 0.825 bits per heavy atom. The predicted octanol–water partition coefficient (Wildman–Crippen LogP) is 6.79. The van der Waals surface area contributed by atoms with Crippen molar-refractivity contribution in [1.29, 1.82) is 0 Å². The number of ether oxygens (including phenoxy) is 1. The van der Waals surface area contributed by atoms with Crippen LogP contribution in [0.1, 0.15) is 40.2 Å². The van der Waals surface area contributed by atoms with Gasteiger partial charge in [-0.2, -0.15) is 0 Å². The van der Waals surface area contributed by atoms with Gasteiger partial charge in [-0.1, -0.05) is 112 Å². The van der Waals surface area contributed by atoms with Crippen LogP contribution in [-0.4, -0.2) is 32.7 Å². The molecule has 1 amide bonds. The zero-order chi connectivity index (χ0) is 29.2. The van der Waals surface area contributed by atoms with Gasteiger partial charge in [-0.15, -0.1) is 5.06 Å². The van der Waals surface area contributed by atoms with Crippen molar-refractivity contribution in [3.63, 3.8) is 0 Å². The molecule has 0 heterocycles. The zero-order valence-corrected chi connectivity index (χ0v) is 25.6. The van der Waals surface area contributed by atoms with E-state index in [0.717, 1.165) is 21.0 Å². The first kappa shape index (κ1) is 31.3. The lowest BCUT2D eigenvalue weighted by Gasteiger charge is -2.44. The number of benzene rings is 3. The Labute approximate surface area is 238 Å². The molecule has 0 saturated heterocycles. The summed E-state index contributed by atoms with van der Waals surface area (Å²) in [5, 5.41) is 2.16. The Bertz CT molecular complexity index is 1230. The van der Waals surface area contributed by atoms with Gasteiger partial charge in [0, 0.05) is 0 Å². The van der Waals surface area contributed by atoms with Gasteiger partial charge in [0.2, 0.25) is 5.88 Å². The van der Waals surface area contributed by atoms with E-state index in [4.69, 9.17) is 22.8 Å². The minimum absolute atomic E-state index is 0.0257. The van der Waals surface area contributed by atoms with E-state index in [2.05, 4.69) is 27.4 Å². The third-order valence-corrected chi connectivity index (χ3v) is 12.5. The van der Waals surface area contributed by atoms with Gasteiger partial charge in [0.25, 0.3) is 8.32 Å². The Kier molecular flexibility index (Phi) is 10.9. The molecule has 0 radical (unpaired) electrons. The minimum Gasteiger partial charge on any atom is -0.443 e. The lowest BCUT2D eigenvalue weighted by molar-refractivity contribution is -0.0624. The fourth-order valence-electron chi connectivity index (χ4n) is 4.30. The van der Waals surface area contributed by atoms with Crippen LogP contribution in [0.15, 0.2) is 103 Å². The lowest BCUT2D eigenvalue weighted by Crippen LogP contribution is -2.69. The van der Waals surface area contributed by atoms with E-state index in [9.17, 15) is 9.36 Å². The van der Waals surface area contributed by atoms with Gasteiger partial charge in [-0.3, -0.25) is 13.6 Å². The van der Waals surface area contributed by atoms with Crippen molar-refractivity contribution in [2.45, 2.75) is 46.3 Å². The van der Waals surface area contributed by atoms with Crippen LogP contribution in [-0.2, 0) is 34.0 Å². The molecular formula is C30H38NO7PSi. The van der Waals surface area contributed by atoms with Gasteiger partial charge in [0.15, 0.2) is 0 Å². The second kappa shape index (κ2) is 13.9. The molecule has 0 saturated carbocycles. The van der Waals surface area contributed by atoms with Crippen LogP contribution in [0.2, 0.25) is 5.04 Å². The van der Waals surface area contributed by atoms with E-state index in [0.29, 0.717) is 0 Å². The lowest BCUT2D eigenvalue weighted by atomic mass is 10.2. The van der Waals surface area contributed by atoms with Gasteiger partial charge in [-0.25, -0.2) is 9.36 Å². The Balaban J connectivity index is 2.12. The van der Waals surface area contributed by atoms with Crippen LogP contribution in [0.5, 0.6) is 0 Å². The number of hydrogen-bond acceptors (Lipinski definition) is 7. The summed E-state index contributed by atoms with van der Waals surface area (Å²) in [6.45, 7) is 13.5. The smallest absolute Gasteiger partial charge is 0.443 e. The summed E-state index contributed by atoms with van der Waals surface area (Å²) in [6, 6.07) is 28.7. The molecule has 3 rings (SSSR count). The van der Waals surface area contributed by atoms with Crippen molar-refractivity contribution in [1.82, 2.24) is 5.06 Å². The summed E-state index contributed by atoms with van der Waals surface area (Å²) in [7, 11) is -7.46. The molecule has 214 valence electrons. The summed E-state index contributed by atoms with van der Waals surface area (Å²) in [5.74, 6) is -0.378. The molecule has 40 heavy (non-hydrogen) atoms. The third kappa shape index (κ3) is 7.50. The van der Waals surface area contributed by atoms with Crippen molar-refractivity contribution >= 4 is 32.6 Å². The number of phosphoric ester groups is 1. The number of amides is 1. The van der Waals surface area contributed by atoms with Crippen molar-refractivity contribution in [2.75, 3.05) is 13.2 Å². The molecule has 0 bridgehead atoms. The molecule has 3 aromatic rings. The first-order valence-corrected chi connectivity index (χ1v) is 16.5. The second-order valence-corrected chi connectivity index (χ2v) is 15.6. The molecule has 0 spiro atoms. The summed E-state index contributed by atoms with van der Waals surface area (Å²) < 4.78 is 42.0. The number of nitrogens with zero attached hydrogens (tertiary/aromatic N) is 1. The molecule has 10 heteroatoms. The largest absolute Gasteiger partial charge is 0.531 e. The van der Waals surface area contributed by atoms with Gasteiger partial charge < -0.3 is 9.26 Å². The average molecular weight is 584 g/mol. The highest BCUT2D eigenvalue weighted by Gasteiger charge is 2.54. The SMILES string of the molecule is C=C(OP(=O)(OCC)OCC)N(O[Si](c1ccccc1)(c1ccccc1)C(C)(C)C)C(=O)OCc1ccccc1. The number of hydrogen-bond donors (Lipinski definition) is 0. The third-order valence-electron chi connectivity index (χ3n) is 6.03. The van der Waals surface area contributed by atoms with Crippen LogP contribution < -0.4 is 10.4 Å². The molecule has 3 aromatic carbocycles.